The van der Waals surface area contributed by atoms with Gasteiger partial charge >= 0.3 is 6.18 Å². The first kappa shape index (κ1) is 14.5. The monoisotopic (exact) mass is 322 g/mol. The number of nitrogens with zero attached hydrogens (tertiary/aromatic N) is 1. The topological polar surface area (TPSA) is 42.0 Å². The summed E-state index contributed by atoms with van der Waals surface area (Å²) in [6.07, 6.45) is -4.39. The van der Waals surface area contributed by atoms with Crippen LogP contribution in [0.25, 0.3) is 10.2 Å². The molecule has 7 heteroatoms. The zero-order chi connectivity index (χ0) is 15.7. The van der Waals surface area contributed by atoms with Gasteiger partial charge < -0.3 is 5.32 Å². The average Bonchev–Trinajstić information content (AvgIpc) is 2.95. The fourth-order valence-corrected chi connectivity index (χ4v) is 2.81. The second-order valence-corrected chi connectivity index (χ2v) is 5.39. The molecule has 22 heavy (non-hydrogen) atoms. The van der Waals surface area contributed by atoms with Crippen LogP contribution >= 0.6 is 11.3 Å². The third-order valence-electron chi connectivity index (χ3n) is 3.07. The van der Waals surface area contributed by atoms with E-state index in [9.17, 15) is 18.0 Å². The lowest BCUT2D eigenvalue weighted by Gasteiger charge is -2.09. The average molecular weight is 322 g/mol. The molecule has 3 nitrogen and oxygen atoms in total. The van der Waals surface area contributed by atoms with Crippen LogP contribution in [0, 0.1) is 0 Å². The van der Waals surface area contributed by atoms with Crippen molar-refractivity contribution >= 4 is 33.1 Å². The summed E-state index contributed by atoms with van der Waals surface area (Å²) in [5.41, 5.74) is 2.35. The summed E-state index contributed by atoms with van der Waals surface area (Å²) in [6, 6.07) is 9.48. The van der Waals surface area contributed by atoms with Crippen LogP contribution in [0.3, 0.4) is 0 Å². The normalized spacial score (nSPS) is 11.6. The van der Waals surface area contributed by atoms with Gasteiger partial charge in [-0.1, -0.05) is 6.07 Å². The highest BCUT2D eigenvalue weighted by Gasteiger charge is 2.30. The zero-order valence-electron chi connectivity index (χ0n) is 11.0. The largest absolute Gasteiger partial charge is 0.416 e. The lowest BCUT2D eigenvalue weighted by atomic mass is 10.1. The molecular weight excluding hydrogens is 313 g/mol. The highest BCUT2D eigenvalue weighted by atomic mass is 32.1. The molecule has 0 saturated carbocycles. The minimum atomic E-state index is -4.39. The first-order valence-corrected chi connectivity index (χ1v) is 7.14. The van der Waals surface area contributed by atoms with Gasteiger partial charge in [-0.15, -0.1) is 11.3 Å². The number of carbonyl (C=O) groups is 1. The third kappa shape index (κ3) is 2.80. The van der Waals surface area contributed by atoms with Crippen LogP contribution in [-0.4, -0.2) is 10.9 Å². The van der Waals surface area contributed by atoms with Crippen molar-refractivity contribution in [3.8, 4) is 0 Å². The maximum Gasteiger partial charge on any atom is 0.416 e. The fraction of sp³-hybridized carbons (Fsp3) is 0.0667. The molecule has 3 aromatic rings. The van der Waals surface area contributed by atoms with E-state index >= 15 is 0 Å². The van der Waals surface area contributed by atoms with Gasteiger partial charge in [0.1, 0.15) is 0 Å². The number of hydrogen-bond donors (Lipinski definition) is 1. The molecule has 0 spiro atoms. The quantitative estimate of drug-likeness (QED) is 0.751. The third-order valence-corrected chi connectivity index (χ3v) is 3.95. The first-order valence-electron chi connectivity index (χ1n) is 6.26. The minimum Gasteiger partial charge on any atom is -0.322 e. The molecule has 3 rings (SSSR count). The Morgan fingerprint density at radius 1 is 1.09 bits per heavy atom. The number of halogens is 3. The van der Waals surface area contributed by atoms with Crippen molar-refractivity contribution < 1.29 is 18.0 Å². The summed E-state index contributed by atoms with van der Waals surface area (Å²) in [5.74, 6) is -0.380. The van der Waals surface area contributed by atoms with Crippen molar-refractivity contribution in [2.75, 3.05) is 5.32 Å². The van der Waals surface area contributed by atoms with Gasteiger partial charge in [-0.3, -0.25) is 4.79 Å². The molecule has 0 saturated heterocycles. The van der Waals surface area contributed by atoms with E-state index in [-0.39, 0.29) is 5.91 Å². The molecule has 0 aliphatic rings. The van der Waals surface area contributed by atoms with Crippen LogP contribution in [0.15, 0.2) is 48.0 Å². The summed E-state index contributed by atoms with van der Waals surface area (Å²) in [6.45, 7) is 0. The Balaban J connectivity index is 1.84. The Kier molecular flexibility index (Phi) is 3.58. The molecule has 0 radical (unpaired) electrons. The second-order valence-electron chi connectivity index (χ2n) is 4.54. The molecule has 0 fully saturated rings. The summed E-state index contributed by atoms with van der Waals surface area (Å²) in [5, 5.41) is 2.59. The van der Waals surface area contributed by atoms with Gasteiger partial charge in [0.05, 0.1) is 26.9 Å². The number of nitrogens with one attached hydrogen (secondary N) is 1. The van der Waals surface area contributed by atoms with Crippen molar-refractivity contribution in [1.82, 2.24) is 4.98 Å². The minimum absolute atomic E-state index is 0.305. The van der Waals surface area contributed by atoms with Gasteiger partial charge in [0, 0.05) is 5.69 Å². The lowest BCUT2D eigenvalue weighted by Crippen LogP contribution is -2.12. The van der Waals surface area contributed by atoms with Crippen molar-refractivity contribution in [2.45, 2.75) is 6.18 Å². The van der Waals surface area contributed by atoms with Gasteiger partial charge in [0.15, 0.2) is 0 Å². The van der Waals surface area contributed by atoms with Crippen molar-refractivity contribution in [3.05, 3.63) is 59.1 Å². The van der Waals surface area contributed by atoms with Crippen molar-refractivity contribution in [2.24, 2.45) is 0 Å². The van der Waals surface area contributed by atoms with E-state index in [1.165, 1.54) is 23.5 Å². The van der Waals surface area contributed by atoms with Gasteiger partial charge in [0.2, 0.25) is 0 Å². The van der Waals surface area contributed by atoms with Gasteiger partial charge in [0.25, 0.3) is 5.91 Å². The maximum absolute atomic E-state index is 12.5. The number of carbonyl (C=O) groups excluding carboxylic acids is 1. The Morgan fingerprint density at radius 3 is 2.50 bits per heavy atom. The number of aromatic nitrogens is 1. The molecule has 1 aromatic heterocycles. The van der Waals surface area contributed by atoms with Crippen LogP contribution in [0.5, 0.6) is 0 Å². The van der Waals surface area contributed by atoms with Crippen molar-refractivity contribution in [3.63, 3.8) is 0 Å². The second kappa shape index (κ2) is 5.42. The number of alkyl halides is 3. The smallest absolute Gasteiger partial charge is 0.322 e. The van der Waals surface area contributed by atoms with Gasteiger partial charge in [-0.2, -0.15) is 13.2 Å². The molecule has 0 aliphatic heterocycles. The number of rotatable bonds is 2. The van der Waals surface area contributed by atoms with E-state index in [2.05, 4.69) is 10.3 Å². The molecule has 0 atom stereocenters. The van der Waals surface area contributed by atoms with Crippen LogP contribution < -0.4 is 5.32 Å². The van der Waals surface area contributed by atoms with Crippen LogP contribution in [0.1, 0.15) is 15.9 Å². The molecule has 0 unspecified atom stereocenters. The Hall–Kier alpha value is -2.41. The van der Waals surface area contributed by atoms with Crippen LogP contribution in [0.2, 0.25) is 0 Å². The van der Waals surface area contributed by atoms with E-state index in [0.717, 1.165) is 16.8 Å². The van der Waals surface area contributed by atoms with Gasteiger partial charge in [-0.25, -0.2) is 4.98 Å². The highest BCUT2D eigenvalue weighted by Crippen LogP contribution is 2.30. The number of benzene rings is 2. The fourth-order valence-electron chi connectivity index (χ4n) is 2.01. The van der Waals surface area contributed by atoms with E-state index < -0.39 is 11.7 Å². The summed E-state index contributed by atoms with van der Waals surface area (Å²) >= 11 is 1.34. The molecule has 0 bridgehead atoms. The predicted molar refractivity (Wildman–Crippen MR) is 79.0 cm³/mol. The Bertz CT molecular complexity index is 825. The molecule has 112 valence electrons. The number of fused-ring (bicyclic) bond motifs is 1. The molecule has 1 heterocycles. The molecule has 1 amide bonds. The molecular formula is C15H9F3N2OS. The number of amides is 1. The molecule has 0 aliphatic carbocycles. The van der Waals surface area contributed by atoms with Gasteiger partial charge in [-0.05, 0) is 36.4 Å². The number of hydrogen-bond acceptors (Lipinski definition) is 3. The summed E-state index contributed by atoms with van der Waals surface area (Å²) in [4.78, 5) is 16.4. The zero-order valence-corrected chi connectivity index (χ0v) is 11.8. The summed E-state index contributed by atoms with van der Waals surface area (Å²) < 4.78 is 38.2. The Morgan fingerprint density at radius 2 is 1.82 bits per heavy atom. The van der Waals surface area contributed by atoms with E-state index in [0.29, 0.717) is 16.8 Å². The Labute approximate surface area is 127 Å². The number of thiazole rings is 1. The summed E-state index contributed by atoms with van der Waals surface area (Å²) in [7, 11) is 0. The lowest BCUT2D eigenvalue weighted by molar-refractivity contribution is -0.137. The first-order chi connectivity index (χ1) is 10.4. The maximum atomic E-state index is 12.5. The predicted octanol–water partition coefficient (Wildman–Crippen LogP) is 4.57. The standard InChI is InChI=1S/C15H9F3N2OS/c16-15(17,18)9-4-6-10(7-5-9)20-14(21)11-2-1-3-12-13(11)22-8-19-12/h1-8H,(H,20,21). The van der Waals surface area contributed by atoms with E-state index in [1.54, 1.807) is 23.7 Å². The van der Waals surface area contributed by atoms with Crippen LogP contribution in [0.4, 0.5) is 18.9 Å². The SMILES string of the molecule is O=C(Nc1ccc(C(F)(F)F)cc1)c1cccc2ncsc12. The molecule has 1 N–H and O–H groups in total. The highest BCUT2D eigenvalue weighted by molar-refractivity contribution is 7.17. The van der Waals surface area contributed by atoms with Crippen LogP contribution in [-0.2, 0) is 6.18 Å². The van der Waals surface area contributed by atoms with E-state index in [1.807, 2.05) is 0 Å². The van der Waals surface area contributed by atoms with Crippen molar-refractivity contribution in [1.29, 1.82) is 0 Å². The molecule has 2 aromatic carbocycles. The van der Waals surface area contributed by atoms with E-state index in [4.69, 9.17) is 0 Å². The number of anilines is 1.